The SMILES string of the molecule is CCOc1ccccc1C(=O)Nc1cc(C)ccn1. The van der Waals surface area contributed by atoms with E-state index in [1.54, 1.807) is 24.4 Å². The molecular weight excluding hydrogens is 240 g/mol. The molecule has 0 unspecified atom stereocenters. The minimum Gasteiger partial charge on any atom is -0.493 e. The van der Waals surface area contributed by atoms with Crippen molar-refractivity contribution >= 4 is 11.7 Å². The van der Waals surface area contributed by atoms with Gasteiger partial charge in [0.25, 0.3) is 5.91 Å². The summed E-state index contributed by atoms with van der Waals surface area (Å²) in [5.74, 6) is 0.897. The third-order valence-corrected chi connectivity index (χ3v) is 2.59. The first-order valence-electron chi connectivity index (χ1n) is 6.16. The van der Waals surface area contributed by atoms with Crippen molar-refractivity contribution in [2.75, 3.05) is 11.9 Å². The topological polar surface area (TPSA) is 51.2 Å². The van der Waals surface area contributed by atoms with Gasteiger partial charge in [-0.3, -0.25) is 4.79 Å². The highest BCUT2D eigenvalue weighted by molar-refractivity contribution is 6.05. The number of aryl methyl sites for hydroxylation is 1. The van der Waals surface area contributed by atoms with Gasteiger partial charge in [-0.2, -0.15) is 0 Å². The Morgan fingerprint density at radius 3 is 2.84 bits per heavy atom. The molecule has 1 amide bonds. The molecule has 0 spiro atoms. The molecule has 1 heterocycles. The molecule has 1 aromatic carbocycles. The van der Waals surface area contributed by atoms with E-state index in [4.69, 9.17) is 4.74 Å². The van der Waals surface area contributed by atoms with Crippen LogP contribution in [0.5, 0.6) is 5.75 Å². The number of nitrogens with zero attached hydrogens (tertiary/aromatic N) is 1. The van der Waals surface area contributed by atoms with Gasteiger partial charge in [-0.1, -0.05) is 12.1 Å². The normalized spacial score (nSPS) is 10.0. The number of pyridine rings is 1. The first-order chi connectivity index (χ1) is 9.20. The molecule has 0 aliphatic heterocycles. The molecule has 0 atom stereocenters. The third kappa shape index (κ3) is 3.31. The monoisotopic (exact) mass is 256 g/mol. The summed E-state index contributed by atoms with van der Waals surface area (Å²) >= 11 is 0. The van der Waals surface area contributed by atoms with Gasteiger partial charge in [0.1, 0.15) is 11.6 Å². The van der Waals surface area contributed by atoms with Crippen LogP contribution in [0, 0.1) is 6.92 Å². The lowest BCUT2D eigenvalue weighted by Crippen LogP contribution is -2.14. The van der Waals surface area contributed by atoms with Gasteiger partial charge < -0.3 is 10.1 Å². The molecule has 4 nitrogen and oxygen atoms in total. The number of para-hydroxylation sites is 1. The van der Waals surface area contributed by atoms with Gasteiger partial charge in [0.15, 0.2) is 0 Å². The number of nitrogens with one attached hydrogen (secondary N) is 1. The molecule has 0 bridgehead atoms. The zero-order valence-corrected chi connectivity index (χ0v) is 11.0. The highest BCUT2D eigenvalue weighted by Crippen LogP contribution is 2.19. The van der Waals surface area contributed by atoms with Crippen LogP contribution in [0.2, 0.25) is 0 Å². The molecule has 2 rings (SSSR count). The number of rotatable bonds is 4. The quantitative estimate of drug-likeness (QED) is 0.914. The Bertz CT molecular complexity index is 582. The standard InChI is InChI=1S/C15H16N2O2/c1-3-19-13-7-5-4-6-12(13)15(18)17-14-10-11(2)8-9-16-14/h4-10H,3H2,1-2H3,(H,16,17,18). The summed E-state index contributed by atoms with van der Waals surface area (Å²) in [6.07, 6.45) is 1.67. The average molecular weight is 256 g/mol. The lowest BCUT2D eigenvalue weighted by molar-refractivity contribution is 0.102. The molecule has 0 fully saturated rings. The van der Waals surface area contributed by atoms with Gasteiger partial charge >= 0.3 is 0 Å². The van der Waals surface area contributed by atoms with Crippen LogP contribution >= 0.6 is 0 Å². The predicted molar refractivity (Wildman–Crippen MR) is 74.5 cm³/mol. The zero-order valence-electron chi connectivity index (χ0n) is 11.0. The highest BCUT2D eigenvalue weighted by Gasteiger charge is 2.12. The van der Waals surface area contributed by atoms with Gasteiger partial charge in [0, 0.05) is 6.20 Å². The summed E-state index contributed by atoms with van der Waals surface area (Å²) in [5.41, 5.74) is 1.55. The van der Waals surface area contributed by atoms with Crippen LogP contribution in [0.1, 0.15) is 22.8 Å². The second kappa shape index (κ2) is 6.00. The van der Waals surface area contributed by atoms with Crippen molar-refractivity contribution in [2.24, 2.45) is 0 Å². The van der Waals surface area contributed by atoms with E-state index in [0.29, 0.717) is 23.7 Å². The molecular formula is C15H16N2O2. The maximum Gasteiger partial charge on any atom is 0.260 e. The number of amides is 1. The number of ether oxygens (including phenoxy) is 1. The molecule has 0 saturated carbocycles. The van der Waals surface area contributed by atoms with Crippen LogP contribution in [-0.4, -0.2) is 17.5 Å². The van der Waals surface area contributed by atoms with Crippen molar-refractivity contribution < 1.29 is 9.53 Å². The van der Waals surface area contributed by atoms with E-state index in [1.807, 2.05) is 32.0 Å². The summed E-state index contributed by atoms with van der Waals surface area (Å²) in [7, 11) is 0. The molecule has 0 aliphatic carbocycles. The first kappa shape index (κ1) is 13.1. The number of carbonyl (C=O) groups is 1. The molecule has 19 heavy (non-hydrogen) atoms. The summed E-state index contributed by atoms with van der Waals surface area (Å²) in [6.45, 7) is 4.36. The Morgan fingerprint density at radius 1 is 1.32 bits per heavy atom. The van der Waals surface area contributed by atoms with Crippen LogP contribution < -0.4 is 10.1 Å². The molecule has 0 aliphatic rings. The minimum absolute atomic E-state index is 0.220. The van der Waals surface area contributed by atoms with E-state index < -0.39 is 0 Å². The molecule has 1 N–H and O–H groups in total. The van der Waals surface area contributed by atoms with Crippen LogP contribution in [0.4, 0.5) is 5.82 Å². The first-order valence-corrected chi connectivity index (χ1v) is 6.16. The van der Waals surface area contributed by atoms with Gasteiger partial charge in [0.2, 0.25) is 0 Å². The van der Waals surface area contributed by atoms with Crippen molar-refractivity contribution in [3.8, 4) is 5.75 Å². The number of aromatic nitrogens is 1. The Labute approximate surface area is 112 Å². The Kier molecular flexibility index (Phi) is 4.13. The number of benzene rings is 1. The predicted octanol–water partition coefficient (Wildman–Crippen LogP) is 3.04. The summed E-state index contributed by atoms with van der Waals surface area (Å²) < 4.78 is 5.44. The maximum atomic E-state index is 12.2. The van der Waals surface area contributed by atoms with Gasteiger partial charge in [-0.05, 0) is 43.7 Å². The van der Waals surface area contributed by atoms with Gasteiger partial charge in [-0.15, -0.1) is 0 Å². The second-order valence-corrected chi connectivity index (χ2v) is 4.10. The number of carbonyl (C=O) groups excluding carboxylic acids is 1. The fourth-order valence-corrected chi connectivity index (χ4v) is 1.72. The summed E-state index contributed by atoms with van der Waals surface area (Å²) in [5, 5.41) is 2.77. The zero-order chi connectivity index (χ0) is 13.7. The second-order valence-electron chi connectivity index (χ2n) is 4.10. The van der Waals surface area contributed by atoms with Crippen LogP contribution in [0.3, 0.4) is 0 Å². The summed E-state index contributed by atoms with van der Waals surface area (Å²) in [4.78, 5) is 16.3. The largest absolute Gasteiger partial charge is 0.493 e. The molecule has 4 heteroatoms. The van der Waals surface area contributed by atoms with E-state index in [0.717, 1.165) is 5.56 Å². The van der Waals surface area contributed by atoms with E-state index in [-0.39, 0.29) is 5.91 Å². The number of hydrogen-bond acceptors (Lipinski definition) is 3. The van der Waals surface area contributed by atoms with Crippen molar-refractivity contribution in [1.29, 1.82) is 0 Å². The van der Waals surface area contributed by atoms with Crippen LogP contribution in [0.25, 0.3) is 0 Å². The maximum absolute atomic E-state index is 12.2. The van der Waals surface area contributed by atoms with Crippen molar-refractivity contribution in [3.05, 3.63) is 53.7 Å². The highest BCUT2D eigenvalue weighted by atomic mass is 16.5. The lowest BCUT2D eigenvalue weighted by atomic mass is 10.2. The van der Waals surface area contributed by atoms with Crippen LogP contribution in [-0.2, 0) is 0 Å². The fraction of sp³-hybridized carbons (Fsp3) is 0.200. The van der Waals surface area contributed by atoms with E-state index in [1.165, 1.54) is 0 Å². The minimum atomic E-state index is -0.220. The van der Waals surface area contributed by atoms with E-state index in [9.17, 15) is 4.79 Å². The lowest BCUT2D eigenvalue weighted by Gasteiger charge is -2.10. The van der Waals surface area contributed by atoms with Crippen molar-refractivity contribution in [3.63, 3.8) is 0 Å². The molecule has 1 aromatic heterocycles. The third-order valence-electron chi connectivity index (χ3n) is 2.59. The Morgan fingerprint density at radius 2 is 2.11 bits per heavy atom. The smallest absolute Gasteiger partial charge is 0.260 e. The number of anilines is 1. The van der Waals surface area contributed by atoms with Crippen molar-refractivity contribution in [2.45, 2.75) is 13.8 Å². The van der Waals surface area contributed by atoms with E-state index >= 15 is 0 Å². The van der Waals surface area contributed by atoms with Crippen LogP contribution in [0.15, 0.2) is 42.6 Å². The fourth-order valence-electron chi connectivity index (χ4n) is 1.72. The molecule has 0 saturated heterocycles. The molecule has 98 valence electrons. The molecule has 0 radical (unpaired) electrons. The van der Waals surface area contributed by atoms with E-state index in [2.05, 4.69) is 10.3 Å². The van der Waals surface area contributed by atoms with Crippen molar-refractivity contribution in [1.82, 2.24) is 4.98 Å². The van der Waals surface area contributed by atoms with Gasteiger partial charge in [0.05, 0.1) is 12.2 Å². The van der Waals surface area contributed by atoms with Gasteiger partial charge in [-0.25, -0.2) is 4.98 Å². The number of hydrogen-bond donors (Lipinski definition) is 1. The molecule has 2 aromatic rings. The Hall–Kier alpha value is -2.36. The average Bonchev–Trinajstić information content (AvgIpc) is 2.39. The Balaban J connectivity index is 2.20. The summed E-state index contributed by atoms with van der Waals surface area (Å²) in [6, 6.07) is 10.9.